The summed E-state index contributed by atoms with van der Waals surface area (Å²) in [6.07, 6.45) is 0. The third-order valence-electron chi connectivity index (χ3n) is 3.60. The van der Waals surface area contributed by atoms with Crippen molar-refractivity contribution in [3.05, 3.63) is 65.4 Å². The molecule has 0 amide bonds. The number of hydrogen-bond donors (Lipinski definition) is 3. The lowest BCUT2D eigenvalue weighted by Crippen LogP contribution is -2.99. The van der Waals surface area contributed by atoms with Gasteiger partial charge in [0.05, 0.1) is 0 Å². The fourth-order valence-corrected chi connectivity index (χ4v) is 3.42. The number of nitrogens with zero attached hydrogens (tertiary/aromatic N) is 3. The lowest BCUT2D eigenvalue weighted by Gasteiger charge is -2.14. The Morgan fingerprint density at radius 1 is 1.09 bits per heavy atom. The number of benzene rings is 2. The Labute approximate surface area is 136 Å². The van der Waals surface area contributed by atoms with Crippen LogP contribution in [-0.2, 0) is 0 Å². The van der Waals surface area contributed by atoms with E-state index in [0.717, 1.165) is 22.1 Å². The predicted molar refractivity (Wildman–Crippen MR) is 85.6 cm³/mol. The second kappa shape index (κ2) is 5.67. The molecule has 7 nitrogen and oxygen atoms in total. The first-order chi connectivity index (χ1) is 11.2. The summed E-state index contributed by atoms with van der Waals surface area (Å²) in [6, 6.07) is 16.7. The van der Waals surface area contributed by atoms with Gasteiger partial charge < -0.3 is 10.6 Å². The summed E-state index contributed by atoms with van der Waals surface area (Å²) in [4.78, 5) is 0. The molecule has 2 aromatic carbocycles. The highest BCUT2D eigenvalue weighted by Crippen LogP contribution is 2.40. The lowest BCUT2D eigenvalue weighted by atomic mass is 10.2. The number of thioether (sulfide) groups is 1. The van der Waals surface area contributed by atoms with E-state index in [2.05, 4.69) is 15.6 Å². The molecule has 2 heterocycles. The highest BCUT2D eigenvalue weighted by Gasteiger charge is 2.28. The highest BCUT2D eigenvalue weighted by atomic mass is 32.2. The first kappa shape index (κ1) is 14.2. The summed E-state index contributed by atoms with van der Waals surface area (Å²) < 4.78 is 1.87. The van der Waals surface area contributed by atoms with Gasteiger partial charge in [-0.25, -0.2) is 9.88 Å². The van der Waals surface area contributed by atoms with Gasteiger partial charge in [-0.2, -0.15) is 5.23 Å². The minimum Gasteiger partial charge on any atom is -0.595 e. The van der Waals surface area contributed by atoms with Crippen molar-refractivity contribution in [2.75, 3.05) is 5.43 Å². The minimum atomic E-state index is -0.924. The Balaban J connectivity index is 1.60. The van der Waals surface area contributed by atoms with E-state index < -0.39 is 5.23 Å². The van der Waals surface area contributed by atoms with Crippen molar-refractivity contribution >= 4 is 17.4 Å². The quantitative estimate of drug-likeness (QED) is 0.634. The van der Waals surface area contributed by atoms with Crippen LogP contribution in [0.1, 0.15) is 10.9 Å². The van der Waals surface area contributed by atoms with Gasteiger partial charge in [-0.3, -0.25) is 0 Å². The van der Waals surface area contributed by atoms with E-state index in [-0.39, 0.29) is 11.1 Å². The highest BCUT2D eigenvalue weighted by molar-refractivity contribution is 7.99. The number of fused-ring (bicyclic) bond motifs is 1. The fraction of sp³-hybridized carbons (Fsp3) is 0.0667. The molecule has 0 fully saturated rings. The van der Waals surface area contributed by atoms with Crippen LogP contribution in [0.25, 0.3) is 11.4 Å². The SMILES string of the molecule is [O-][NH+](O)c1ccc([C@H]2Nn3c(nnc3-c3ccccc3)S2)cc1. The Morgan fingerprint density at radius 2 is 1.83 bits per heavy atom. The second-order valence-electron chi connectivity index (χ2n) is 5.06. The Hall–Kier alpha value is -2.39. The summed E-state index contributed by atoms with van der Waals surface area (Å²) >= 11 is 1.55. The number of rotatable bonds is 3. The number of aromatic nitrogens is 3. The van der Waals surface area contributed by atoms with Crippen LogP contribution in [-0.4, -0.2) is 20.1 Å². The molecule has 0 saturated heterocycles. The van der Waals surface area contributed by atoms with Crippen LogP contribution in [0.3, 0.4) is 0 Å². The van der Waals surface area contributed by atoms with Crippen LogP contribution in [0.4, 0.5) is 5.69 Å². The van der Waals surface area contributed by atoms with Crippen LogP contribution in [0, 0.1) is 5.21 Å². The van der Waals surface area contributed by atoms with Crippen LogP contribution in [0.5, 0.6) is 0 Å². The van der Waals surface area contributed by atoms with Crippen LogP contribution in [0.15, 0.2) is 59.8 Å². The van der Waals surface area contributed by atoms with Crippen molar-refractivity contribution in [3.8, 4) is 11.4 Å². The zero-order valence-electron chi connectivity index (χ0n) is 11.9. The van der Waals surface area contributed by atoms with Gasteiger partial charge >= 0.3 is 0 Å². The van der Waals surface area contributed by atoms with Crippen LogP contribution >= 0.6 is 11.8 Å². The summed E-state index contributed by atoms with van der Waals surface area (Å²) in [5.41, 5.74) is 5.61. The lowest BCUT2D eigenvalue weighted by molar-refractivity contribution is -0.991. The molecule has 8 heteroatoms. The van der Waals surface area contributed by atoms with E-state index in [1.807, 2.05) is 47.1 Å². The van der Waals surface area contributed by atoms with Gasteiger partial charge in [0.2, 0.25) is 5.16 Å². The van der Waals surface area contributed by atoms with E-state index in [1.165, 1.54) is 0 Å². The van der Waals surface area contributed by atoms with Crippen LogP contribution in [0.2, 0.25) is 0 Å². The molecule has 116 valence electrons. The zero-order valence-corrected chi connectivity index (χ0v) is 12.7. The summed E-state index contributed by atoms with van der Waals surface area (Å²) in [6.45, 7) is 0. The van der Waals surface area contributed by atoms with E-state index in [9.17, 15) is 5.21 Å². The molecule has 23 heavy (non-hydrogen) atoms. The van der Waals surface area contributed by atoms with Crippen molar-refractivity contribution < 1.29 is 10.4 Å². The molecular weight excluding hydrogens is 314 g/mol. The van der Waals surface area contributed by atoms with Crippen molar-refractivity contribution in [3.63, 3.8) is 0 Å². The standard InChI is InChI=1S/C15H13N5O2S/c21-20(22)12-8-6-11(7-9-12)14-18-19-13(16-17-15(19)23-14)10-4-2-1-3-5-10/h1-9,14,18,20-21H/t14-/m0/s1. The smallest absolute Gasteiger partial charge is 0.212 e. The van der Waals surface area contributed by atoms with Gasteiger partial charge in [-0.05, 0) is 17.7 Å². The fourth-order valence-electron chi connectivity index (χ4n) is 2.43. The van der Waals surface area contributed by atoms with Gasteiger partial charge in [0.25, 0.3) is 0 Å². The second-order valence-corrected chi connectivity index (χ2v) is 6.13. The monoisotopic (exact) mass is 327 g/mol. The maximum absolute atomic E-state index is 10.9. The van der Waals surface area contributed by atoms with Gasteiger partial charge in [-0.15, -0.1) is 10.2 Å². The molecule has 3 aromatic rings. The third-order valence-corrected chi connectivity index (χ3v) is 4.68. The molecule has 1 aliphatic rings. The van der Waals surface area contributed by atoms with Gasteiger partial charge in [0.1, 0.15) is 5.37 Å². The van der Waals surface area contributed by atoms with E-state index in [4.69, 9.17) is 5.21 Å². The topological polar surface area (TPSA) is 90.5 Å². The van der Waals surface area contributed by atoms with Gasteiger partial charge in [0, 0.05) is 17.7 Å². The molecule has 0 radical (unpaired) electrons. The molecule has 1 aliphatic heterocycles. The van der Waals surface area contributed by atoms with Crippen molar-refractivity contribution in [2.24, 2.45) is 0 Å². The van der Waals surface area contributed by atoms with E-state index in [0.29, 0.717) is 0 Å². The summed E-state index contributed by atoms with van der Waals surface area (Å²) in [5, 5.41) is 28.2. The first-order valence-electron chi connectivity index (χ1n) is 6.99. The molecule has 0 aliphatic carbocycles. The maximum Gasteiger partial charge on any atom is 0.212 e. The molecule has 3 N–H and O–H groups in total. The Morgan fingerprint density at radius 3 is 2.52 bits per heavy atom. The summed E-state index contributed by atoms with van der Waals surface area (Å²) in [5.74, 6) is 0.762. The van der Waals surface area contributed by atoms with Crippen molar-refractivity contribution in [2.45, 2.75) is 10.5 Å². The average molecular weight is 327 g/mol. The third kappa shape index (κ3) is 2.57. The van der Waals surface area contributed by atoms with Crippen molar-refractivity contribution in [1.82, 2.24) is 14.9 Å². The normalized spacial score (nSPS) is 17.6. The van der Waals surface area contributed by atoms with Crippen molar-refractivity contribution in [1.29, 1.82) is 0 Å². The number of hydrogen-bond acceptors (Lipinski definition) is 6. The first-order valence-corrected chi connectivity index (χ1v) is 7.87. The molecule has 1 aromatic heterocycles. The predicted octanol–water partition coefficient (Wildman–Crippen LogP) is 1.70. The molecule has 0 spiro atoms. The largest absolute Gasteiger partial charge is 0.595 e. The molecular formula is C15H13N5O2S. The molecule has 0 bridgehead atoms. The summed E-state index contributed by atoms with van der Waals surface area (Å²) in [7, 11) is 0. The average Bonchev–Trinajstić information content (AvgIpc) is 3.16. The molecule has 2 atom stereocenters. The van der Waals surface area contributed by atoms with Gasteiger partial charge in [-0.1, -0.05) is 42.1 Å². The minimum absolute atomic E-state index is 0.0224. The van der Waals surface area contributed by atoms with Gasteiger partial charge in [0.15, 0.2) is 11.5 Å². The Kier molecular flexibility index (Phi) is 3.50. The zero-order chi connectivity index (χ0) is 15.8. The molecule has 1 unspecified atom stereocenters. The Bertz CT molecular complexity index is 820. The number of nitrogens with one attached hydrogen (secondary N) is 2. The maximum atomic E-state index is 10.9. The van der Waals surface area contributed by atoms with E-state index >= 15 is 0 Å². The number of quaternary nitrogens is 1. The van der Waals surface area contributed by atoms with Crippen LogP contribution < -0.4 is 10.7 Å². The molecule has 4 rings (SSSR count). The molecule has 0 saturated carbocycles. The van der Waals surface area contributed by atoms with E-state index in [1.54, 1.807) is 23.9 Å².